The molecule has 1 N–H and O–H groups in total. The fraction of sp³-hybridized carbons (Fsp3) is 0.682. The predicted molar refractivity (Wildman–Crippen MR) is 114 cm³/mol. The van der Waals surface area contributed by atoms with Crippen LogP contribution in [0.3, 0.4) is 0 Å². The minimum absolute atomic E-state index is 0.0219. The number of anilines is 2. The highest BCUT2D eigenvalue weighted by molar-refractivity contribution is 5.91. The van der Waals surface area contributed by atoms with E-state index in [0.29, 0.717) is 18.4 Å². The molecule has 1 aliphatic heterocycles. The van der Waals surface area contributed by atoms with Crippen LogP contribution in [0.2, 0.25) is 0 Å². The molecule has 6 heteroatoms. The number of nitrogens with zero attached hydrogens (tertiary/aromatic N) is 4. The zero-order valence-electron chi connectivity index (χ0n) is 17.7. The van der Waals surface area contributed by atoms with Crippen molar-refractivity contribution in [2.75, 3.05) is 23.3 Å². The van der Waals surface area contributed by atoms with Crippen molar-refractivity contribution in [3.05, 3.63) is 12.1 Å². The van der Waals surface area contributed by atoms with Crippen molar-refractivity contribution in [2.45, 2.75) is 72.3 Å². The summed E-state index contributed by atoms with van der Waals surface area (Å²) in [6, 6.07) is 4.53. The van der Waals surface area contributed by atoms with Crippen LogP contribution in [-0.2, 0) is 4.79 Å². The first kappa shape index (κ1) is 19.2. The van der Waals surface area contributed by atoms with Gasteiger partial charge in [0.2, 0.25) is 11.9 Å². The van der Waals surface area contributed by atoms with E-state index in [2.05, 4.69) is 54.6 Å². The Labute approximate surface area is 167 Å². The molecule has 0 radical (unpaired) electrons. The first-order valence-corrected chi connectivity index (χ1v) is 10.7. The van der Waals surface area contributed by atoms with Gasteiger partial charge in [-0.15, -0.1) is 0 Å². The van der Waals surface area contributed by atoms with Gasteiger partial charge in [0, 0.05) is 25.6 Å². The number of piperidine rings is 1. The molecule has 1 saturated heterocycles. The van der Waals surface area contributed by atoms with Gasteiger partial charge < -0.3 is 4.90 Å². The Morgan fingerprint density at radius 1 is 1.14 bits per heavy atom. The summed E-state index contributed by atoms with van der Waals surface area (Å²) in [7, 11) is 0. The Morgan fingerprint density at radius 3 is 2.46 bits per heavy atom. The highest BCUT2D eigenvalue weighted by atomic mass is 16.1. The first-order valence-electron chi connectivity index (χ1n) is 10.7. The van der Waals surface area contributed by atoms with Crippen LogP contribution in [-0.4, -0.2) is 33.5 Å². The molecule has 28 heavy (non-hydrogen) atoms. The monoisotopic (exact) mass is 383 g/mol. The Hall–Kier alpha value is -2.11. The standard InChI is InChI=1S/C22H33N5O/c1-15-10-12-26(13-11-15)18-9-8-17-20(24-18)27(16-6-5-7-16)21(23-17)25-19(28)14-22(2,3)4/h8-9,15-16H,5-7,10-14H2,1-4H3,(H,23,25,28). The Kier molecular flexibility index (Phi) is 5.06. The molecule has 3 heterocycles. The van der Waals surface area contributed by atoms with Crippen molar-refractivity contribution in [3.63, 3.8) is 0 Å². The van der Waals surface area contributed by atoms with Crippen molar-refractivity contribution in [1.29, 1.82) is 0 Å². The quantitative estimate of drug-likeness (QED) is 0.826. The zero-order chi connectivity index (χ0) is 19.9. The molecular weight excluding hydrogens is 350 g/mol. The highest BCUT2D eigenvalue weighted by Gasteiger charge is 2.28. The summed E-state index contributed by atoms with van der Waals surface area (Å²) in [5, 5.41) is 3.07. The number of rotatable bonds is 4. The molecule has 2 aromatic rings. The summed E-state index contributed by atoms with van der Waals surface area (Å²) in [4.78, 5) is 24.7. The lowest BCUT2D eigenvalue weighted by molar-refractivity contribution is -0.117. The third kappa shape index (κ3) is 4.01. The second kappa shape index (κ2) is 7.37. The van der Waals surface area contributed by atoms with Crippen molar-refractivity contribution < 1.29 is 4.79 Å². The largest absolute Gasteiger partial charge is 0.357 e. The number of hydrogen-bond donors (Lipinski definition) is 1. The van der Waals surface area contributed by atoms with E-state index in [-0.39, 0.29) is 11.3 Å². The fourth-order valence-electron chi connectivity index (χ4n) is 4.11. The molecule has 1 saturated carbocycles. The molecule has 0 spiro atoms. The molecule has 0 atom stereocenters. The predicted octanol–water partition coefficient (Wildman–Crippen LogP) is 4.77. The Bertz CT molecular complexity index is 854. The van der Waals surface area contributed by atoms with Gasteiger partial charge in [-0.25, -0.2) is 9.97 Å². The maximum Gasteiger partial charge on any atom is 0.227 e. The number of fused-ring (bicyclic) bond motifs is 1. The van der Waals surface area contributed by atoms with Crippen LogP contribution in [0.1, 0.15) is 72.3 Å². The number of amides is 1. The fourth-order valence-corrected chi connectivity index (χ4v) is 4.11. The molecule has 6 nitrogen and oxygen atoms in total. The maximum absolute atomic E-state index is 12.5. The minimum atomic E-state index is -0.0474. The Morgan fingerprint density at radius 2 is 1.86 bits per heavy atom. The van der Waals surface area contributed by atoms with Crippen LogP contribution in [0.5, 0.6) is 0 Å². The second-order valence-electron chi connectivity index (χ2n) is 9.86. The third-order valence-corrected chi connectivity index (χ3v) is 6.01. The van der Waals surface area contributed by atoms with E-state index < -0.39 is 0 Å². The Balaban J connectivity index is 1.65. The van der Waals surface area contributed by atoms with E-state index in [9.17, 15) is 4.79 Å². The third-order valence-electron chi connectivity index (χ3n) is 6.01. The molecule has 0 unspecified atom stereocenters. The summed E-state index contributed by atoms with van der Waals surface area (Å²) in [6.45, 7) is 10.7. The molecule has 0 bridgehead atoms. The van der Waals surface area contributed by atoms with Gasteiger partial charge in [-0.3, -0.25) is 14.7 Å². The number of carbonyl (C=O) groups excluding carboxylic acids is 1. The summed E-state index contributed by atoms with van der Waals surface area (Å²) in [5.41, 5.74) is 1.73. The van der Waals surface area contributed by atoms with Gasteiger partial charge in [-0.1, -0.05) is 27.7 Å². The van der Waals surface area contributed by atoms with E-state index in [1.165, 1.54) is 19.3 Å². The summed E-state index contributed by atoms with van der Waals surface area (Å²) in [6.07, 6.45) is 6.39. The van der Waals surface area contributed by atoms with Gasteiger partial charge in [-0.2, -0.15) is 0 Å². The maximum atomic E-state index is 12.5. The molecule has 1 aliphatic carbocycles. The molecule has 0 aromatic carbocycles. The summed E-state index contributed by atoms with van der Waals surface area (Å²) in [5.74, 6) is 2.51. The smallest absolute Gasteiger partial charge is 0.227 e. The second-order valence-corrected chi connectivity index (χ2v) is 9.86. The molecule has 1 amide bonds. The van der Waals surface area contributed by atoms with Gasteiger partial charge in [-0.05, 0) is 55.6 Å². The van der Waals surface area contributed by atoms with Gasteiger partial charge in [0.1, 0.15) is 11.3 Å². The number of hydrogen-bond acceptors (Lipinski definition) is 4. The number of nitrogens with one attached hydrogen (secondary N) is 1. The van der Waals surface area contributed by atoms with Gasteiger partial charge in [0.15, 0.2) is 5.65 Å². The molecule has 2 aromatic heterocycles. The summed E-state index contributed by atoms with van der Waals surface area (Å²) >= 11 is 0. The van der Waals surface area contributed by atoms with Crippen LogP contribution < -0.4 is 10.2 Å². The lowest BCUT2D eigenvalue weighted by Crippen LogP contribution is -2.33. The van der Waals surface area contributed by atoms with Crippen molar-refractivity contribution in [3.8, 4) is 0 Å². The molecule has 2 aliphatic rings. The van der Waals surface area contributed by atoms with Gasteiger partial charge in [0.05, 0.1) is 0 Å². The van der Waals surface area contributed by atoms with Crippen molar-refractivity contribution >= 4 is 28.8 Å². The van der Waals surface area contributed by atoms with Crippen molar-refractivity contribution in [1.82, 2.24) is 14.5 Å². The van der Waals surface area contributed by atoms with Gasteiger partial charge in [0.25, 0.3) is 0 Å². The lowest BCUT2D eigenvalue weighted by atomic mass is 9.92. The molecule has 152 valence electrons. The van der Waals surface area contributed by atoms with Crippen LogP contribution in [0.4, 0.5) is 11.8 Å². The number of pyridine rings is 1. The average molecular weight is 384 g/mol. The van der Waals surface area contributed by atoms with E-state index in [1.54, 1.807) is 0 Å². The molecular formula is C22H33N5O. The SMILES string of the molecule is CC1CCN(c2ccc3nc(NC(=O)CC(C)(C)C)n(C4CCC4)c3n2)CC1. The molecule has 4 rings (SSSR count). The van der Waals surface area contributed by atoms with Crippen LogP contribution in [0.25, 0.3) is 11.2 Å². The first-order chi connectivity index (χ1) is 13.3. The van der Waals surface area contributed by atoms with E-state index in [0.717, 1.165) is 48.8 Å². The average Bonchev–Trinajstić information content (AvgIpc) is 2.89. The number of imidazole rings is 1. The van der Waals surface area contributed by atoms with Crippen LogP contribution in [0, 0.1) is 11.3 Å². The highest BCUT2D eigenvalue weighted by Crippen LogP contribution is 2.37. The normalized spacial score (nSPS) is 19.1. The number of aromatic nitrogens is 3. The van der Waals surface area contributed by atoms with E-state index >= 15 is 0 Å². The molecule has 2 fully saturated rings. The van der Waals surface area contributed by atoms with Crippen LogP contribution >= 0.6 is 0 Å². The van der Waals surface area contributed by atoms with Crippen LogP contribution in [0.15, 0.2) is 12.1 Å². The van der Waals surface area contributed by atoms with E-state index in [1.807, 2.05) is 0 Å². The topological polar surface area (TPSA) is 63.1 Å². The zero-order valence-corrected chi connectivity index (χ0v) is 17.7. The summed E-state index contributed by atoms with van der Waals surface area (Å²) < 4.78 is 2.18. The minimum Gasteiger partial charge on any atom is -0.357 e. The van der Waals surface area contributed by atoms with E-state index in [4.69, 9.17) is 9.97 Å². The number of carbonyl (C=O) groups is 1. The van der Waals surface area contributed by atoms with Gasteiger partial charge >= 0.3 is 0 Å². The van der Waals surface area contributed by atoms with Crippen molar-refractivity contribution in [2.24, 2.45) is 11.3 Å². The lowest BCUT2D eigenvalue weighted by Gasteiger charge is -2.32.